The van der Waals surface area contributed by atoms with E-state index in [0.29, 0.717) is 0 Å². The van der Waals surface area contributed by atoms with Gasteiger partial charge >= 0.3 is 31.3 Å². The van der Waals surface area contributed by atoms with E-state index in [1.165, 1.54) is 0 Å². The van der Waals surface area contributed by atoms with Crippen LogP contribution < -0.4 is 0 Å². The van der Waals surface area contributed by atoms with Crippen molar-refractivity contribution >= 4 is 20.2 Å². The molecule has 0 aromatic carbocycles. The zero-order chi connectivity index (χ0) is 19.2. The summed E-state index contributed by atoms with van der Waals surface area (Å²) in [6, 6.07) is 0. The van der Waals surface area contributed by atoms with Gasteiger partial charge in [0.15, 0.2) is 0 Å². The summed E-state index contributed by atoms with van der Waals surface area (Å²) in [6.45, 7) is -3.25. The Morgan fingerprint density at radius 3 is 1.25 bits per heavy atom. The van der Waals surface area contributed by atoms with E-state index in [0.717, 1.165) is 0 Å². The van der Waals surface area contributed by atoms with E-state index >= 15 is 0 Å². The fourth-order valence-electron chi connectivity index (χ4n) is 1.83. The Morgan fingerprint density at radius 1 is 0.750 bits per heavy atom. The lowest BCUT2D eigenvalue weighted by Crippen LogP contribution is -2.53. The number of halogens is 8. The van der Waals surface area contributed by atoms with Crippen LogP contribution in [0.15, 0.2) is 0 Å². The molecule has 0 N–H and O–H groups in total. The van der Waals surface area contributed by atoms with Crippen molar-refractivity contribution in [2.24, 2.45) is 5.41 Å². The fourth-order valence-corrected chi connectivity index (χ4v) is 2.91. The van der Waals surface area contributed by atoms with E-state index < -0.39 is 68.6 Å². The summed E-state index contributed by atoms with van der Waals surface area (Å²) >= 11 is 0. The van der Waals surface area contributed by atoms with Crippen molar-refractivity contribution in [1.82, 2.24) is 0 Å². The molecule has 0 radical (unpaired) electrons. The quantitative estimate of drug-likeness (QED) is 0.375. The largest absolute Gasteiger partial charge is 0.523 e. The maximum absolute atomic E-state index is 12.9. The second kappa shape index (κ2) is 5.91. The number of hydrogen-bond donors (Lipinski definition) is 0. The molecule has 1 fully saturated rings. The summed E-state index contributed by atoms with van der Waals surface area (Å²) in [5.41, 5.74) is -14.1. The second-order valence-electron chi connectivity index (χ2n) is 5.03. The van der Waals surface area contributed by atoms with Crippen LogP contribution in [0.2, 0.25) is 0 Å². The van der Waals surface area contributed by atoms with E-state index in [9.17, 15) is 52.0 Å². The third-order valence-electron chi connectivity index (χ3n) is 2.87. The van der Waals surface area contributed by atoms with Crippen LogP contribution in [0.5, 0.6) is 0 Å². The highest BCUT2D eigenvalue weighted by atomic mass is 32.2. The Balaban J connectivity index is 2.87. The molecule has 1 aliphatic rings. The Labute approximate surface area is 130 Å². The van der Waals surface area contributed by atoms with Crippen molar-refractivity contribution in [3.8, 4) is 0 Å². The molecular weight excluding hydrogens is 408 g/mol. The van der Waals surface area contributed by atoms with Crippen LogP contribution >= 0.6 is 0 Å². The van der Waals surface area contributed by atoms with Gasteiger partial charge in [-0.3, -0.25) is 8.37 Å². The SMILES string of the molecule is O=S(=O)(OCC1(COS(=O)(=O)C(F)(F)F)CC(F)(F)C1)C(F)(F)F. The molecule has 0 spiro atoms. The monoisotopic (exact) mass is 416 g/mol. The average Bonchev–Trinajstić information content (AvgIpc) is 2.28. The van der Waals surface area contributed by atoms with Crippen molar-refractivity contribution in [3.05, 3.63) is 0 Å². The molecule has 0 saturated heterocycles. The summed E-state index contributed by atoms with van der Waals surface area (Å²) in [5, 5.41) is 0. The third-order valence-corrected chi connectivity index (χ3v) is 4.86. The van der Waals surface area contributed by atoms with Gasteiger partial charge in [-0.1, -0.05) is 0 Å². The molecule has 24 heavy (non-hydrogen) atoms. The third kappa shape index (κ3) is 4.66. The van der Waals surface area contributed by atoms with Crippen molar-refractivity contribution in [2.45, 2.75) is 29.8 Å². The van der Waals surface area contributed by atoms with Gasteiger partial charge in [0.25, 0.3) is 0 Å². The topological polar surface area (TPSA) is 86.7 Å². The highest BCUT2D eigenvalue weighted by Gasteiger charge is 2.60. The van der Waals surface area contributed by atoms with Crippen molar-refractivity contribution in [1.29, 1.82) is 0 Å². The van der Waals surface area contributed by atoms with Gasteiger partial charge in [0.05, 0.1) is 13.2 Å². The highest BCUT2D eigenvalue weighted by Crippen LogP contribution is 2.53. The Kier molecular flexibility index (Phi) is 5.25. The van der Waals surface area contributed by atoms with Crippen LogP contribution in [0.25, 0.3) is 0 Å². The van der Waals surface area contributed by atoms with Crippen LogP contribution in [-0.4, -0.2) is 47.0 Å². The van der Waals surface area contributed by atoms with E-state index in [4.69, 9.17) is 0 Å². The van der Waals surface area contributed by atoms with Crippen LogP contribution in [0, 0.1) is 5.41 Å². The van der Waals surface area contributed by atoms with Crippen LogP contribution in [0.3, 0.4) is 0 Å². The molecule has 0 heterocycles. The molecule has 0 atom stereocenters. The van der Waals surface area contributed by atoms with Gasteiger partial charge < -0.3 is 0 Å². The molecule has 0 aromatic heterocycles. The fraction of sp³-hybridized carbons (Fsp3) is 1.00. The molecule has 0 unspecified atom stereocenters. The maximum Gasteiger partial charge on any atom is 0.523 e. The van der Waals surface area contributed by atoms with Gasteiger partial charge in [0.1, 0.15) is 0 Å². The zero-order valence-electron chi connectivity index (χ0n) is 11.1. The first-order valence-electron chi connectivity index (χ1n) is 5.62. The first-order chi connectivity index (χ1) is 10.3. The first-order valence-corrected chi connectivity index (χ1v) is 8.44. The molecule has 6 nitrogen and oxygen atoms in total. The number of rotatable bonds is 6. The van der Waals surface area contributed by atoms with Gasteiger partial charge in [-0.15, -0.1) is 0 Å². The number of hydrogen-bond acceptors (Lipinski definition) is 6. The number of alkyl halides is 8. The van der Waals surface area contributed by atoms with E-state index in [1.807, 2.05) is 0 Å². The lowest BCUT2D eigenvalue weighted by molar-refractivity contribution is -0.185. The molecule has 0 aromatic rings. The maximum atomic E-state index is 12.9. The smallest absolute Gasteiger partial charge is 0.262 e. The summed E-state index contributed by atoms with van der Waals surface area (Å²) in [4.78, 5) is 0. The van der Waals surface area contributed by atoms with Crippen LogP contribution in [-0.2, 0) is 28.6 Å². The van der Waals surface area contributed by atoms with E-state index in [2.05, 4.69) is 8.37 Å². The standard InChI is InChI=1S/C8H8F8O6S2/c9-6(10)1-5(2-6,3-21-23(17,18)7(11,12)13)4-22-24(19,20)8(14,15)16/h1-4H2. The first kappa shape index (κ1) is 21.3. The predicted octanol–water partition coefficient (Wildman–Crippen LogP) is 2.13. The Morgan fingerprint density at radius 2 is 1.04 bits per heavy atom. The summed E-state index contributed by atoms with van der Waals surface area (Å²) in [6.07, 6.45) is -2.83. The molecule has 0 amide bonds. The lowest BCUT2D eigenvalue weighted by atomic mass is 9.67. The minimum Gasteiger partial charge on any atom is -0.262 e. The average molecular weight is 416 g/mol. The van der Waals surface area contributed by atoms with E-state index in [1.54, 1.807) is 0 Å². The Hall–Kier alpha value is -0.740. The summed E-state index contributed by atoms with van der Waals surface area (Å²) in [7, 11) is -12.4. The molecule has 0 bridgehead atoms. The van der Waals surface area contributed by atoms with Crippen LogP contribution in [0.4, 0.5) is 35.1 Å². The molecular formula is C8H8F8O6S2. The van der Waals surface area contributed by atoms with Gasteiger partial charge in [0, 0.05) is 18.3 Å². The minimum atomic E-state index is -6.20. The lowest BCUT2D eigenvalue weighted by Gasteiger charge is -2.46. The molecule has 1 saturated carbocycles. The van der Waals surface area contributed by atoms with Gasteiger partial charge in [0.2, 0.25) is 5.92 Å². The molecule has 1 aliphatic carbocycles. The molecule has 0 aliphatic heterocycles. The van der Waals surface area contributed by atoms with Crippen molar-refractivity contribution in [3.63, 3.8) is 0 Å². The second-order valence-corrected chi connectivity index (χ2v) is 8.25. The van der Waals surface area contributed by atoms with Gasteiger partial charge in [-0.05, 0) is 0 Å². The van der Waals surface area contributed by atoms with Crippen LogP contribution in [0.1, 0.15) is 12.8 Å². The van der Waals surface area contributed by atoms with Gasteiger partial charge in [-0.25, -0.2) is 8.78 Å². The normalized spacial score (nSPS) is 21.3. The molecule has 16 heteroatoms. The molecule has 1 rings (SSSR count). The zero-order valence-corrected chi connectivity index (χ0v) is 12.8. The highest BCUT2D eigenvalue weighted by molar-refractivity contribution is 7.87. The van der Waals surface area contributed by atoms with Gasteiger partial charge in [-0.2, -0.15) is 43.2 Å². The Bertz CT molecular complexity index is 618. The van der Waals surface area contributed by atoms with E-state index in [-0.39, 0.29) is 0 Å². The minimum absolute atomic E-state index is 1.42. The van der Waals surface area contributed by atoms with Crippen molar-refractivity contribution in [2.75, 3.05) is 13.2 Å². The summed E-state index contributed by atoms with van der Waals surface area (Å²) in [5.74, 6) is -3.54. The predicted molar refractivity (Wildman–Crippen MR) is 58.5 cm³/mol. The van der Waals surface area contributed by atoms with Crippen molar-refractivity contribution < 1.29 is 60.3 Å². The summed E-state index contributed by atoms with van der Waals surface area (Å²) < 4.78 is 148. The molecule has 144 valence electrons.